The molecule has 0 spiro atoms. The van der Waals surface area contributed by atoms with Crippen LogP contribution in [0, 0.1) is 0 Å². The minimum Gasteiger partial charge on any atom is -0.443 e. The molecule has 28 heavy (non-hydrogen) atoms. The summed E-state index contributed by atoms with van der Waals surface area (Å²) in [4.78, 5) is 18.6. The summed E-state index contributed by atoms with van der Waals surface area (Å²) < 4.78 is 20.6. The summed E-state index contributed by atoms with van der Waals surface area (Å²) in [5.74, 6) is 0. The number of thiophene rings is 1. The predicted molar refractivity (Wildman–Crippen MR) is 108 cm³/mol. The summed E-state index contributed by atoms with van der Waals surface area (Å²) in [6.07, 6.45) is 3.30. The fourth-order valence-corrected chi connectivity index (χ4v) is 3.72. The Morgan fingerprint density at radius 3 is 2.96 bits per heavy atom. The molecule has 4 rings (SSSR count). The van der Waals surface area contributed by atoms with Crippen LogP contribution < -0.4 is 11.4 Å². The van der Waals surface area contributed by atoms with E-state index in [0.717, 1.165) is 26.4 Å². The first-order chi connectivity index (χ1) is 13.2. The van der Waals surface area contributed by atoms with Crippen molar-refractivity contribution < 1.29 is 8.81 Å². The number of rotatable bonds is 6. The Morgan fingerprint density at radius 1 is 1.32 bits per heavy atom. The van der Waals surface area contributed by atoms with Crippen LogP contribution in [-0.4, -0.2) is 25.9 Å². The normalized spacial score (nSPS) is 11.7. The molecular weight excluding hydrogens is 405 g/mol. The highest BCUT2D eigenvalue weighted by atomic mass is 35.5. The minimum atomic E-state index is -0.304. The topological polar surface area (TPSA) is 91.9 Å². The number of hydrogen-bond acceptors (Lipinski definition) is 6. The molecule has 0 aliphatic heterocycles. The van der Waals surface area contributed by atoms with Crippen molar-refractivity contribution in [3.05, 3.63) is 70.3 Å². The van der Waals surface area contributed by atoms with E-state index < -0.39 is 0 Å². The van der Waals surface area contributed by atoms with Gasteiger partial charge in [0.15, 0.2) is 12.0 Å². The van der Waals surface area contributed by atoms with E-state index >= 15 is 0 Å². The summed E-state index contributed by atoms with van der Waals surface area (Å²) in [7, 11) is 0. The zero-order chi connectivity index (χ0) is 18.8. The van der Waals surface area contributed by atoms with E-state index in [4.69, 9.17) is 10.2 Å². The van der Waals surface area contributed by atoms with Gasteiger partial charge in [-0.3, -0.25) is 4.57 Å². The number of nitrogens with zero attached hydrogens (tertiary/aromatic N) is 4. The van der Waals surface area contributed by atoms with Crippen molar-refractivity contribution in [1.82, 2.24) is 19.3 Å². The van der Waals surface area contributed by atoms with Crippen LogP contribution in [0.3, 0.4) is 0 Å². The van der Waals surface area contributed by atoms with Gasteiger partial charge in [0.05, 0.1) is 19.4 Å². The van der Waals surface area contributed by atoms with Gasteiger partial charge in [-0.2, -0.15) is 5.10 Å². The third-order valence-corrected chi connectivity index (χ3v) is 5.29. The molecule has 0 saturated carbocycles. The molecule has 3 aromatic heterocycles. The van der Waals surface area contributed by atoms with Gasteiger partial charge in [-0.05, 0) is 41.5 Å². The average Bonchev–Trinajstić information content (AvgIpc) is 3.41. The molecule has 0 aliphatic rings. The van der Waals surface area contributed by atoms with Crippen LogP contribution in [0.2, 0.25) is 0 Å². The number of fused-ring (bicyclic) bond motifs is 1. The van der Waals surface area contributed by atoms with Crippen molar-refractivity contribution in [3.63, 3.8) is 0 Å². The Labute approximate surface area is 169 Å². The molecule has 3 heterocycles. The van der Waals surface area contributed by atoms with E-state index in [2.05, 4.69) is 10.1 Å². The quantitative estimate of drug-likeness (QED) is 0.516. The maximum atomic E-state index is 12.7. The summed E-state index contributed by atoms with van der Waals surface area (Å²) in [6.45, 7) is 0.485. The number of benzene rings is 1. The number of hydrogen-bond donors (Lipinski definition) is 1. The summed E-state index contributed by atoms with van der Waals surface area (Å²) in [6, 6.07) is 9.82. The van der Waals surface area contributed by atoms with Crippen LogP contribution in [0.4, 0.5) is 4.39 Å². The fraction of sp³-hybridized carbons (Fsp3) is 0.167. The lowest BCUT2D eigenvalue weighted by atomic mass is 10.2. The Balaban J connectivity index is 0.00000225. The molecule has 7 nitrogen and oxygen atoms in total. The maximum absolute atomic E-state index is 12.7. The van der Waals surface area contributed by atoms with E-state index in [1.165, 1.54) is 22.0 Å². The maximum Gasteiger partial charge on any atom is 0.346 e. The molecule has 1 aromatic carbocycles. The molecule has 0 bridgehead atoms. The Bertz CT molecular complexity index is 1180. The van der Waals surface area contributed by atoms with Gasteiger partial charge < -0.3 is 10.2 Å². The van der Waals surface area contributed by atoms with Gasteiger partial charge in [0.2, 0.25) is 0 Å². The molecule has 0 amide bonds. The van der Waals surface area contributed by atoms with Gasteiger partial charge in [-0.1, -0.05) is 0 Å². The first-order valence-electron chi connectivity index (χ1n) is 8.20. The summed E-state index contributed by atoms with van der Waals surface area (Å²) in [5.41, 5.74) is 8.02. The van der Waals surface area contributed by atoms with Gasteiger partial charge in [0.1, 0.15) is 11.8 Å². The molecule has 0 saturated heterocycles. The Hall–Kier alpha value is -2.75. The fourth-order valence-electron chi connectivity index (χ4n) is 2.72. The zero-order valence-electron chi connectivity index (χ0n) is 14.6. The molecule has 4 aromatic rings. The van der Waals surface area contributed by atoms with E-state index in [1.807, 2.05) is 30.3 Å². The van der Waals surface area contributed by atoms with Gasteiger partial charge >= 0.3 is 5.69 Å². The summed E-state index contributed by atoms with van der Waals surface area (Å²) >= 11 is 1.59. The molecule has 0 radical (unpaired) electrons. The third-order valence-electron chi connectivity index (χ3n) is 4.17. The molecule has 0 aliphatic carbocycles. The summed E-state index contributed by atoms with van der Waals surface area (Å²) in [5, 5.41) is 4.03. The van der Waals surface area contributed by atoms with Crippen molar-refractivity contribution >= 4 is 34.8 Å². The van der Waals surface area contributed by atoms with E-state index in [-0.39, 0.29) is 31.2 Å². The second kappa shape index (κ2) is 8.51. The van der Waals surface area contributed by atoms with Gasteiger partial charge in [0, 0.05) is 16.3 Å². The lowest BCUT2D eigenvalue weighted by Crippen LogP contribution is -2.26. The van der Waals surface area contributed by atoms with E-state index in [9.17, 15) is 9.18 Å². The molecule has 146 valence electrons. The standard InChI is InChI=1S/C18H16FN5O2S.ClH/c19-6-12(7-20)8-24-18(25)23(10-22-24)9-14-2-4-17(27-14)13-1-3-16-15(5-13)21-11-26-16;/h1-6,10-11H,7-9,20H2;1H/b12-6+;. The van der Waals surface area contributed by atoms with Crippen LogP contribution in [0.1, 0.15) is 4.88 Å². The molecule has 0 fully saturated rings. The number of oxazole rings is 1. The second-order valence-electron chi connectivity index (χ2n) is 5.97. The van der Waals surface area contributed by atoms with Gasteiger partial charge in [0.25, 0.3) is 0 Å². The Kier molecular flexibility index (Phi) is 6.08. The lowest BCUT2D eigenvalue weighted by Gasteiger charge is -2.01. The SMILES string of the molecule is Cl.NC/C(=C\F)Cn1ncn(Cc2ccc(-c3ccc4ocnc4c3)s2)c1=O. The highest BCUT2D eigenvalue weighted by Gasteiger charge is 2.10. The number of halogens is 2. The minimum absolute atomic E-state index is 0. The third kappa shape index (κ3) is 3.91. The lowest BCUT2D eigenvalue weighted by molar-refractivity contribution is 0.602. The van der Waals surface area contributed by atoms with Crippen LogP contribution in [0.5, 0.6) is 0 Å². The van der Waals surface area contributed by atoms with Crippen molar-refractivity contribution in [1.29, 1.82) is 0 Å². The average molecular weight is 422 g/mol. The number of aromatic nitrogens is 4. The van der Waals surface area contributed by atoms with Crippen LogP contribution in [0.15, 0.2) is 64.2 Å². The molecular formula is C18H17ClFN5O2S. The highest BCUT2D eigenvalue weighted by Crippen LogP contribution is 2.30. The predicted octanol–water partition coefficient (Wildman–Crippen LogP) is 3.20. The monoisotopic (exact) mass is 421 g/mol. The van der Waals surface area contributed by atoms with Crippen LogP contribution in [0.25, 0.3) is 21.5 Å². The van der Waals surface area contributed by atoms with Crippen molar-refractivity contribution in [2.24, 2.45) is 5.73 Å². The van der Waals surface area contributed by atoms with Gasteiger partial charge in [-0.25, -0.2) is 18.9 Å². The second-order valence-corrected chi connectivity index (χ2v) is 7.14. The van der Waals surface area contributed by atoms with Crippen molar-refractivity contribution in [3.8, 4) is 10.4 Å². The zero-order valence-corrected chi connectivity index (χ0v) is 16.3. The Morgan fingerprint density at radius 2 is 2.18 bits per heavy atom. The van der Waals surface area contributed by atoms with Crippen molar-refractivity contribution in [2.75, 3.05) is 6.54 Å². The van der Waals surface area contributed by atoms with E-state index in [0.29, 0.717) is 18.4 Å². The van der Waals surface area contributed by atoms with Crippen LogP contribution >= 0.6 is 23.7 Å². The molecule has 10 heteroatoms. The van der Waals surface area contributed by atoms with Crippen LogP contribution in [-0.2, 0) is 13.1 Å². The molecule has 0 unspecified atom stereocenters. The smallest absolute Gasteiger partial charge is 0.346 e. The molecule has 2 N–H and O–H groups in total. The largest absolute Gasteiger partial charge is 0.443 e. The highest BCUT2D eigenvalue weighted by molar-refractivity contribution is 7.15. The van der Waals surface area contributed by atoms with Gasteiger partial charge in [-0.15, -0.1) is 23.7 Å². The number of nitrogens with two attached hydrogens (primary N) is 1. The first-order valence-corrected chi connectivity index (χ1v) is 9.02. The van der Waals surface area contributed by atoms with E-state index in [1.54, 1.807) is 11.3 Å². The first kappa shape index (κ1) is 20.0. The van der Waals surface area contributed by atoms with Crippen molar-refractivity contribution in [2.45, 2.75) is 13.1 Å². The molecule has 0 atom stereocenters.